The molecule has 2 N–H and O–H groups in total. The van der Waals surface area contributed by atoms with Gasteiger partial charge < -0.3 is 14.7 Å². The standard InChI is InChI=1S/C37H53ClN4O5S/c1-5-27(3)36(22-38)23-42-20-30-11-13-32(30)37(44,24-40-17-18-41-16-7-6-10-31(41)21-40)15-8-9-26(2)28(4)48(45,46)39-35(43)29-12-14-34(47-25-36)33(42)19-29/h5,8,12,14-15,19,26,28,30-32,44H,1,3,6-7,9-11,13,16-18,20-25H2,2,4H3,(H,39,43)/b15-8+/t26-,28+,30-,31+,32+,36-,37-/m0/s1. The van der Waals surface area contributed by atoms with Gasteiger partial charge in [0.1, 0.15) is 12.4 Å². The number of alkyl halides is 1. The number of rotatable bonds is 5. The number of hydrogen-bond acceptors (Lipinski definition) is 8. The van der Waals surface area contributed by atoms with E-state index in [9.17, 15) is 18.3 Å². The lowest BCUT2D eigenvalue weighted by molar-refractivity contribution is -0.0766. The molecule has 1 aliphatic carbocycles. The molecule has 0 radical (unpaired) electrons. The first-order chi connectivity index (χ1) is 22.9. The van der Waals surface area contributed by atoms with Crippen LogP contribution in [0.25, 0.3) is 0 Å². The van der Waals surface area contributed by atoms with Gasteiger partial charge in [0.15, 0.2) is 0 Å². The highest BCUT2D eigenvalue weighted by Crippen LogP contribution is 2.47. The smallest absolute Gasteiger partial charge is 0.264 e. The van der Waals surface area contributed by atoms with E-state index >= 15 is 0 Å². The van der Waals surface area contributed by atoms with Crippen LogP contribution in [0.15, 0.2) is 55.2 Å². The van der Waals surface area contributed by atoms with Crippen molar-refractivity contribution in [3.63, 3.8) is 0 Å². The molecule has 2 saturated heterocycles. The van der Waals surface area contributed by atoms with E-state index in [2.05, 4.69) is 32.6 Å². The van der Waals surface area contributed by atoms with Crippen LogP contribution in [0.1, 0.15) is 62.7 Å². The molecule has 264 valence electrons. The van der Waals surface area contributed by atoms with Crippen LogP contribution >= 0.6 is 11.6 Å². The molecule has 5 aliphatic rings. The summed E-state index contributed by atoms with van der Waals surface area (Å²) in [6.07, 6.45) is 11.7. The van der Waals surface area contributed by atoms with E-state index in [0.29, 0.717) is 43.5 Å². The van der Waals surface area contributed by atoms with Crippen LogP contribution in [0.5, 0.6) is 5.75 Å². The fraction of sp³-hybridized carbons (Fsp3) is 0.649. The Kier molecular flexibility index (Phi) is 10.4. The van der Waals surface area contributed by atoms with E-state index in [1.165, 1.54) is 19.3 Å². The first kappa shape index (κ1) is 35.5. The number of piperidine rings is 1. The molecule has 4 heterocycles. The lowest BCUT2D eigenvalue weighted by Crippen LogP contribution is -2.60. The third-order valence-corrected chi connectivity index (χ3v) is 14.5. The molecule has 48 heavy (non-hydrogen) atoms. The second-order valence-electron chi connectivity index (χ2n) is 15.1. The zero-order valence-electron chi connectivity index (χ0n) is 28.6. The van der Waals surface area contributed by atoms with Crippen molar-refractivity contribution < 1.29 is 23.1 Å². The highest BCUT2D eigenvalue weighted by Gasteiger charge is 2.48. The number of ether oxygens (including phenoxy) is 1. The van der Waals surface area contributed by atoms with Crippen molar-refractivity contribution >= 4 is 33.2 Å². The van der Waals surface area contributed by atoms with Crippen molar-refractivity contribution in [3.05, 3.63) is 60.7 Å². The van der Waals surface area contributed by atoms with E-state index in [1.54, 1.807) is 31.2 Å². The minimum Gasteiger partial charge on any atom is -0.490 e. The lowest BCUT2D eigenvalue weighted by atomic mass is 9.64. The van der Waals surface area contributed by atoms with Crippen LogP contribution in [0, 0.1) is 23.2 Å². The van der Waals surface area contributed by atoms with Gasteiger partial charge in [-0.25, -0.2) is 13.1 Å². The number of sulfonamides is 1. The first-order valence-electron chi connectivity index (χ1n) is 17.7. The second-order valence-corrected chi connectivity index (χ2v) is 17.5. The molecule has 1 saturated carbocycles. The predicted molar refractivity (Wildman–Crippen MR) is 192 cm³/mol. The molecule has 0 unspecified atom stereocenters. The summed E-state index contributed by atoms with van der Waals surface area (Å²) >= 11 is 6.67. The minimum absolute atomic E-state index is 0.00890. The number of nitrogens with zero attached hydrogens (tertiary/aromatic N) is 3. The molecule has 9 nitrogen and oxygen atoms in total. The van der Waals surface area contributed by atoms with Gasteiger partial charge in [-0.2, -0.15) is 0 Å². The summed E-state index contributed by atoms with van der Waals surface area (Å²) in [6, 6.07) is 5.61. The van der Waals surface area contributed by atoms with Gasteiger partial charge in [0.2, 0.25) is 10.0 Å². The molecule has 7 atom stereocenters. The number of benzene rings is 1. The summed E-state index contributed by atoms with van der Waals surface area (Å²) in [5.74, 6) is 0.0971. The van der Waals surface area contributed by atoms with Gasteiger partial charge in [-0.15, -0.1) is 11.6 Å². The average Bonchev–Trinajstić information content (AvgIpc) is 3.22. The zero-order valence-corrected chi connectivity index (χ0v) is 30.2. The third-order valence-electron chi connectivity index (χ3n) is 12.1. The second kappa shape index (κ2) is 14.1. The monoisotopic (exact) mass is 700 g/mol. The number of halogens is 1. The molecular formula is C37H53ClN4O5S. The number of aliphatic hydroxyl groups is 1. The highest BCUT2D eigenvalue weighted by atomic mass is 35.5. The van der Waals surface area contributed by atoms with E-state index in [0.717, 1.165) is 44.6 Å². The Hall–Kier alpha value is -2.37. The predicted octanol–water partition coefficient (Wildman–Crippen LogP) is 4.82. The van der Waals surface area contributed by atoms with E-state index in [-0.39, 0.29) is 35.8 Å². The van der Waals surface area contributed by atoms with Crippen LogP contribution < -0.4 is 14.4 Å². The van der Waals surface area contributed by atoms with Gasteiger partial charge in [-0.1, -0.05) is 44.7 Å². The van der Waals surface area contributed by atoms with Gasteiger partial charge in [0.25, 0.3) is 5.91 Å². The van der Waals surface area contributed by atoms with Crippen LogP contribution in [-0.4, -0.2) is 104 Å². The Balaban J connectivity index is 1.38. The van der Waals surface area contributed by atoms with Crippen molar-refractivity contribution in [1.82, 2.24) is 14.5 Å². The molecule has 2 bridgehead atoms. The van der Waals surface area contributed by atoms with Crippen molar-refractivity contribution in [2.24, 2.45) is 23.2 Å². The number of hydrogen-bond donors (Lipinski definition) is 2. The van der Waals surface area contributed by atoms with Crippen molar-refractivity contribution in [1.29, 1.82) is 0 Å². The SMILES string of the molecule is C=CC(=C)[C@]1(CCl)COc2ccc3cc2N(C[C@@H]2CC[C@H]2[C@@](O)(CN2CCN4CCCC[C@@H]4C2)/C=C/C[C@H](C)[C@@H](C)S(=O)(=O)NC3=O)C1. The molecule has 1 amide bonds. The Bertz CT molecular complexity index is 1540. The summed E-state index contributed by atoms with van der Waals surface area (Å²) in [4.78, 5) is 20.7. The van der Waals surface area contributed by atoms with Gasteiger partial charge in [-0.3, -0.25) is 14.6 Å². The number of amides is 1. The van der Waals surface area contributed by atoms with Crippen LogP contribution in [0.2, 0.25) is 0 Å². The van der Waals surface area contributed by atoms with Crippen LogP contribution in [0.3, 0.4) is 0 Å². The minimum atomic E-state index is -3.98. The number of fused-ring (bicyclic) bond motifs is 3. The van der Waals surface area contributed by atoms with Crippen molar-refractivity contribution in [2.45, 2.75) is 69.3 Å². The van der Waals surface area contributed by atoms with Crippen molar-refractivity contribution in [2.75, 3.05) is 63.2 Å². The number of nitrogens with one attached hydrogen (secondary N) is 1. The number of anilines is 1. The van der Waals surface area contributed by atoms with E-state index in [1.807, 2.05) is 19.1 Å². The number of allylic oxidation sites excluding steroid dienone is 2. The lowest BCUT2D eigenvalue weighted by Gasteiger charge is -2.51. The van der Waals surface area contributed by atoms with Gasteiger partial charge >= 0.3 is 0 Å². The number of carbonyl (C=O) groups excluding carboxylic acids is 1. The van der Waals surface area contributed by atoms with Gasteiger partial charge in [0.05, 0.1) is 22.0 Å². The molecule has 11 heteroatoms. The van der Waals surface area contributed by atoms with Crippen LogP contribution in [0.4, 0.5) is 5.69 Å². The number of carbonyl (C=O) groups is 1. The summed E-state index contributed by atoms with van der Waals surface area (Å²) in [7, 11) is -3.98. The zero-order chi connectivity index (χ0) is 34.3. The first-order valence-corrected chi connectivity index (χ1v) is 19.8. The molecule has 1 aromatic rings. The highest BCUT2D eigenvalue weighted by molar-refractivity contribution is 7.90. The maximum atomic E-state index is 13.4. The molecule has 3 fully saturated rings. The topological polar surface area (TPSA) is 102 Å². The molecule has 1 aromatic carbocycles. The van der Waals surface area contributed by atoms with E-state index < -0.39 is 32.2 Å². The molecule has 0 spiro atoms. The summed E-state index contributed by atoms with van der Waals surface area (Å²) < 4.78 is 35.5. The van der Waals surface area contributed by atoms with Gasteiger partial charge in [-0.05, 0) is 87.1 Å². The summed E-state index contributed by atoms with van der Waals surface area (Å²) in [6.45, 7) is 17.8. The molecule has 4 aliphatic heterocycles. The van der Waals surface area contributed by atoms with Gasteiger partial charge in [0, 0.05) is 56.8 Å². The third kappa shape index (κ3) is 6.97. The largest absolute Gasteiger partial charge is 0.490 e. The quantitative estimate of drug-likeness (QED) is 0.256. The fourth-order valence-corrected chi connectivity index (χ4v) is 10.1. The number of β-amino-alcohol motifs (C(OH)–C–C–N with tert-alkyl or cyclic N) is 1. The van der Waals surface area contributed by atoms with Crippen molar-refractivity contribution in [3.8, 4) is 5.75 Å². The Morgan fingerprint density at radius 2 is 1.98 bits per heavy atom. The molecule has 0 aromatic heterocycles. The van der Waals surface area contributed by atoms with E-state index in [4.69, 9.17) is 16.3 Å². The average molecular weight is 701 g/mol. The summed E-state index contributed by atoms with van der Waals surface area (Å²) in [5.41, 5.74) is 0.0120. The summed E-state index contributed by atoms with van der Waals surface area (Å²) in [5, 5.41) is 11.9. The maximum Gasteiger partial charge on any atom is 0.264 e. The molecule has 6 rings (SSSR count). The Morgan fingerprint density at radius 1 is 1.17 bits per heavy atom. The van der Waals surface area contributed by atoms with Crippen LogP contribution in [-0.2, 0) is 10.0 Å². The maximum absolute atomic E-state index is 13.4. The molecular weight excluding hydrogens is 648 g/mol. The fourth-order valence-electron chi connectivity index (χ4n) is 8.49. The Labute approximate surface area is 292 Å². The number of piperazine rings is 1. The normalized spacial score (nSPS) is 36.6. The Morgan fingerprint density at radius 3 is 2.71 bits per heavy atom.